The van der Waals surface area contributed by atoms with E-state index < -0.39 is 0 Å². The fraction of sp³-hybridized carbons (Fsp3) is 0.267. The van der Waals surface area contributed by atoms with Crippen LogP contribution in [-0.2, 0) is 20.2 Å². The van der Waals surface area contributed by atoms with Gasteiger partial charge in [0.05, 0.1) is 5.69 Å². The molecule has 0 radical (unpaired) electrons. The van der Waals surface area contributed by atoms with Gasteiger partial charge in [-0.15, -0.1) is 0 Å². The molecule has 0 saturated heterocycles. The number of pyridine rings is 1. The van der Waals surface area contributed by atoms with Gasteiger partial charge in [0.2, 0.25) is 5.43 Å². The van der Waals surface area contributed by atoms with E-state index in [1.54, 1.807) is 6.07 Å². The highest BCUT2D eigenvalue weighted by molar-refractivity contribution is 5.31. The summed E-state index contributed by atoms with van der Waals surface area (Å²) in [4.78, 5) is 12.0. The van der Waals surface area contributed by atoms with Gasteiger partial charge in [-0.05, 0) is 12.5 Å². The first-order valence-corrected chi connectivity index (χ1v) is 6.19. The molecule has 0 bridgehead atoms. The van der Waals surface area contributed by atoms with Crippen LogP contribution in [-0.4, -0.2) is 4.57 Å². The van der Waals surface area contributed by atoms with Crippen molar-refractivity contribution in [3.05, 3.63) is 63.6 Å². The molecule has 0 saturated carbocycles. The Labute approximate surface area is 112 Å². The molecule has 1 aromatic carbocycles. The lowest BCUT2D eigenvalue weighted by Gasteiger charge is -2.15. The maximum atomic E-state index is 12.0. The molecule has 4 heteroatoms. The Kier molecular flexibility index (Phi) is 4.02. The van der Waals surface area contributed by atoms with Crippen molar-refractivity contribution < 1.29 is 4.74 Å². The Morgan fingerprint density at radius 1 is 1.26 bits per heavy atom. The van der Waals surface area contributed by atoms with Gasteiger partial charge in [0.1, 0.15) is 6.61 Å². The van der Waals surface area contributed by atoms with Crippen LogP contribution >= 0.6 is 0 Å². The first-order valence-electron chi connectivity index (χ1n) is 6.19. The van der Waals surface area contributed by atoms with Gasteiger partial charge in [-0.25, -0.2) is 0 Å². The van der Waals surface area contributed by atoms with E-state index in [2.05, 4.69) is 0 Å². The summed E-state index contributed by atoms with van der Waals surface area (Å²) < 4.78 is 7.56. The highest BCUT2D eigenvalue weighted by Crippen LogP contribution is 2.15. The molecule has 4 nitrogen and oxygen atoms in total. The fourth-order valence-corrected chi connectivity index (χ4v) is 1.97. The van der Waals surface area contributed by atoms with E-state index in [-0.39, 0.29) is 12.0 Å². The number of nitrogens with two attached hydrogens (primary N) is 1. The lowest BCUT2D eigenvalue weighted by molar-refractivity contribution is 0.296. The molecule has 0 aliphatic carbocycles. The van der Waals surface area contributed by atoms with Gasteiger partial charge in [-0.3, -0.25) is 4.79 Å². The molecule has 2 rings (SSSR count). The summed E-state index contributed by atoms with van der Waals surface area (Å²) in [5.41, 5.74) is 8.22. The van der Waals surface area contributed by atoms with Crippen molar-refractivity contribution in [2.45, 2.75) is 20.1 Å². The molecule has 0 fully saturated rings. The Morgan fingerprint density at radius 3 is 2.58 bits per heavy atom. The third kappa shape index (κ3) is 2.85. The van der Waals surface area contributed by atoms with Gasteiger partial charge in [0, 0.05) is 25.4 Å². The smallest absolute Gasteiger partial charge is 0.223 e. The second-order valence-corrected chi connectivity index (χ2v) is 4.46. The molecule has 19 heavy (non-hydrogen) atoms. The molecule has 0 aliphatic heterocycles. The number of aromatic nitrogens is 1. The van der Waals surface area contributed by atoms with Crippen molar-refractivity contribution in [1.29, 1.82) is 0 Å². The molecule has 1 heterocycles. The fourth-order valence-electron chi connectivity index (χ4n) is 1.97. The van der Waals surface area contributed by atoms with Crippen LogP contribution in [0.2, 0.25) is 0 Å². The summed E-state index contributed by atoms with van der Waals surface area (Å²) in [6.07, 6.45) is 0. The zero-order valence-corrected chi connectivity index (χ0v) is 11.2. The van der Waals surface area contributed by atoms with Crippen molar-refractivity contribution in [1.82, 2.24) is 4.57 Å². The summed E-state index contributed by atoms with van der Waals surface area (Å²) in [6.45, 7) is 2.52. The Hall–Kier alpha value is -2.07. The quantitative estimate of drug-likeness (QED) is 0.908. The zero-order chi connectivity index (χ0) is 13.8. The van der Waals surface area contributed by atoms with Crippen LogP contribution in [0.15, 0.2) is 41.2 Å². The predicted molar refractivity (Wildman–Crippen MR) is 75.1 cm³/mol. The minimum Gasteiger partial charge on any atom is -0.483 e. The second kappa shape index (κ2) is 5.71. The van der Waals surface area contributed by atoms with Crippen molar-refractivity contribution in [3.63, 3.8) is 0 Å². The first kappa shape index (κ1) is 13.4. The van der Waals surface area contributed by atoms with Gasteiger partial charge < -0.3 is 15.0 Å². The molecule has 0 atom stereocenters. The average Bonchev–Trinajstić information content (AvgIpc) is 2.42. The molecular formula is C15H18N2O2. The molecule has 0 aliphatic rings. The Morgan fingerprint density at radius 2 is 1.95 bits per heavy atom. The molecule has 2 N–H and O–H groups in total. The summed E-state index contributed by atoms with van der Waals surface area (Å²) in [6, 6.07) is 11.3. The van der Waals surface area contributed by atoms with E-state index in [9.17, 15) is 4.79 Å². The van der Waals surface area contributed by atoms with E-state index in [0.717, 1.165) is 17.0 Å². The molecule has 100 valence electrons. The third-order valence-electron chi connectivity index (χ3n) is 3.18. The summed E-state index contributed by atoms with van der Waals surface area (Å²) in [7, 11) is 1.88. The maximum absolute atomic E-state index is 12.0. The van der Waals surface area contributed by atoms with E-state index >= 15 is 0 Å². The number of aryl methyl sites for hydroxylation is 1. The van der Waals surface area contributed by atoms with Crippen LogP contribution in [0.5, 0.6) is 5.75 Å². The predicted octanol–water partition coefficient (Wildman–Crippen LogP) is 1.73. The Bertz CT molecular complexity index is 618. The largest absolute Gasteiger partial charge is 0.483 e. The standard InChI is InChI=1S/C15H18N2O2/c1-11-8-14(18)15(13(9-16)17(11)2)19-10-12-6-4-3-5-7-12/h3-8H,9-10,16H2,1-2H3. The highest BCUT2D eigenvalue weighted by atomic mass is 16.5. The summed E-state index contributed by atoms with van der Waals surface area (Å²) >= 11 is 0. The first-order chi connectivity index (χ1) is 9.13. The van der Waals surface area contributed by atoms with E-state index in [1.807, 2.05) is 48.9 Å². The molecule has 0 spiro atoms. The molecule has 0 amide bonds. The van der Waals surface area contributed by atoms with Crippen LogP contribution in [0.3, 0.4) is 0 Å². The monoisotopic (exact) mass is 258 g/mol. The van der Waals surface area contributed by atoms with Gasteiger partial charge in [-0.2, -0.15) is 0 Å². The minimum absolute atomic E-state index is 0.119. The SMILES string of the molecule is Cc1cc(=O)c(OCc2ccccc2)c(CN)n1C. The summed E-state index contributed by atoms with van der Waals surface area (Å²) in [5.74, 6) is 0.347. The van der Waals surface area contributed by atoms with Crippen LogP contribution in [0, 0.1) is 6.92 Å². The van der Waals surface area contributed by atoms with Crippen LogP contribution < -0.4 is 15.9 Å². The van der Waals surface area contributed by atoms with E-state index in [1.165, 1.54) is 0 Å². The number of benzene rings is 1. The maximum Gasteiger partial charge on any atom is 0.223 e. The van der Waals surface area contributed by atoms with Crippen molar-refractivity contribution >= 4 is 0 Å². The lowest BCUT2D eigenvalue weighted by atomic mass is 10.2. The average molecular weight is 258 g/mol. The zero-order valence-electron chi connectivity index (χ0n) is 11.2. The molecule has 0 unspecified atom stereocenters. The van der Waals surface area contributed by atoms with E-state index in [4.69, 9.17) is 10.5 Å². The van der Waals surface area contributed by atoms with Gasteiger partial charge in [-0.1, -0.05) is 30.3 Å². The summed E-state index contributed by atoms with van der Waals surface area (Å²) in [5, 5.41) is 0. The van der Waals surface area contributed by atoms with Gasteiger partial charge in [0.25, 0.3) is 0 Å². The van der Waals surface area contributed by atoms with Crippen LogP contribution in [0.25, 0.3) is 0 Å². The Balaban J connectivity index is 2.30. The third-order valence-corrected chi connectivity index (χ3v) is 3.18. The molecular weight excluding hydrogens is 240 g/mol. The van der Waals surface area contributed by atoms with Crippen molar-refractivity contribution in [2.75, 3.05) is 0 Å². The van der Waals surface area contributed by atoms with Crippen molar-refractivity contribution in [2.24, 2.45) is 12.8 Å². The van der Waals surface area contributed by atoms with Gasteiger partial charge in [0.15, 0.2) is 5.75 Å². The van der Waals surface area contributed by atoms with Gasteiger partial charge >= 0.3 is 0 Å². The normalized spacial score (nSPS) is 10.5. The number of nitrogens with zero attached hydrogens (tertiary/aromatic N) is 1. The lowest BCUT2D eigenvalue weighted by Crippen LogP contribution is -2.19. The molecule has 1 aromatic heterocycles. The molecule has 2 aromatic rings. The van der Waals surface area contributed by atoms with E-state index in [0.29, 0.717) is 12.4 Å². The number of hydrogen-bond donors (Lipinski definition) is 1. The number of ether oxygens (including phenoxy) is 1. The second-order valence-electron chi connectivity index (χ2n) is 4.46. The minimum atomic E-state index is -0.119. The topological polar surface area (TPSA) is 57.2 Å². The highest BCUT2D eigenvalue weighted by Gasteiger charge is 2.12. The number of hydrogen-bond acceptors (Lipinski definition) is 3. The number of rotatable bonds is 4. The van der Waals surface area contributed by atoms with Crippen LogP contribution in [0.4, 0.5) is 0 Å². The van der Waals surface area contributed by atoms with Crippen molar-refractivity contribution in [3.8, 4) is 5.75 Å². The van der Waals surface area contributed by atoms with Crippen LogP contribution in [0.1, 0.15) is 17.0 Å².